The Bertz CT molecular complexity index is 1120. The molecular formula is C20H18Cl4N4O2S. The number of ether oxygens (including phenoxy) is 1. The van der Waals surface area contributed by atoms with Gasteiger partial charge in [-0.25, -0.2) is 0 Å². The summed E-state index contributed by atoms with van der Waals surface area (Å²) in [5, 5.41) is 13.1. The van der Waals surface area contributed by atoms with E-state index in [9.17, 15) is 4.79 Å². The van der Waals surface area contributed by atoms with Crippen LogP contribution in [0.3, 0.4) is 0 Å². The maximum Gasteiger partial charge on any atom is 0.234 e. The lowest BCUT2D eigenvalue weighted by molar-refractivity contribution is -0.113. The van der Waals surface area contributed by atoms with Gasteiger partial charge in [0.2, 0.25) is 5.91 Å². The van der Waals surface area contributed by atoms with Crippen molar-refractivity contribution in [2.24, 2.45) is 7.05 Å². The van der Waals surface area contributed by atoms with Crippen molar-refractivity contribution < 1.29 is 9.53 Å². The number of rotatable bonds is 7. The highest BCUT2D eigenvalue weighted by atomic mass is 35.5. The van der Waals surface area contributed by atoms with Gasteiger partial charge in [-0.3, -0.25) is 4.79 Å². The van der Waals surface area contributed by atoms with E-state index in [1.165, 1.54) is 23.9 Å². The maximum atomic E-state index is 12.3. The Balaban J connectivity index is 1.63. The molecule has 1 N–H and O–H groups in total. The number of nitrogens with zero attached hydrogens (tertiary/aromatic N) is 3. The van der Waals surface area contributed by atoms with Crippen molar-refractivity contribution in [1.29, 1.82) is 0 Å². The highest BCUT2D eigenvalue weighted by molar-refractivity contribution is 7.99. The highest BCUT2D eigenvalue weighted by Crippen LogP contribution is 2.33. The van der Waals surface area contributed by atoms with Crippen molar-refractivity contribution in [3.63, 3.8) is 0 Å². The SMILES string of the molecule is Cc1ccc(Cl)c(OC(C)c2nnc(SCC(=O)Nc3cc(Cl)c(Cl)cc3Cl)n2C)c1. The van der Waals surface area contributed by atoms with E-state index in [2.05, 4.69) is 15.5 Å². The number of carbonyl (C=O) groups is 1. The molecule has 3 aromatic rings. The molecule has 0 aliphatic carbocycles. The molecule has 0 bridgehead atoms. The summed E-state index contributed by atoms with van der Waals surface area (Å²) in [5.74, 6) is 1.00. The lowest BCUT2D eigenvalue weighted by Crippen LogP contribution is -2.15. The van der Waals surface area contributed by atoms with Crippen molar-refractivity contribution >= 4 is 69.8 Å². The first-order valence-electron chi connectivity index (χ1n) is 9.05. The molecule has 0 saturated carbocycles. The predicted molar refractivity (Wildman–Crippen MR) is 127 cm³/mol. The van der Waals surface area contributed by atoms with Gasteiger partial charge >= 0.3 is 0 Å². The number of thioether (sulfide) groups is 1. The molecule has 1 heterocycles. The minimum absolute atomic E-state index is 0.0987. The number of aryl methyl sites for hydroxylation is 1. The fraction of sp³-hybridized carbons (Fsp3) is 0.250. The fourth-order valence-electron chi connectivity index (χ4n) is 2.68. The van der Waals surface area contributed by atoms with Crippen LogP contribution < -0.4 is 10.1 Å². The third-order valence-corrected chi connectivity index (χ3v) is 6.61. The van der Waals surface area contributed by atoms with E-state index in [0.29, 0.717) is 42.5 Å². The van der Waals surface area contributed by atoms with Gasteiger partial charge in [0, 0.05) is 7.05 Å². The van der Waals surface area contributed by atoms with Crippen molar-refractivity contribution in [1.82, 2.24) is 14.8 Å². The summed E-state index contributed by atoms with van der Waals surface area (Å²) < 4.78 is 7.74. The van der Waals surface area contributed by atoms with Crippen LogP contribution in [0.15, 0.2) is 35.5 Å². The number of anilines is 1. The first-order valence-corrected chi connectivity index (χ1v) is 11.5. The van der Waals surface area contributed by atoms with Gasteiger partial charge in [-0.15, -0.1) is 10.2 Å². The third-order valence-electron chi connectivity index (χ3n) is 4.24. The Kier molecular flexibility index (Phi) is 7.99. The van der Waals surface area contributed by atoms with E-state index in [1.54, 1.807) is 10.6 Å². The molecule has 0 aliphatic rings. The summed E-state index contributed by atoms with van der Waals surface area (Å²) in [7, 11) is 1.81. The number of hydrogen-bond acceptors (Lipinski definition) is 5. The van der Waals surface area contributed by atoms with Gasteiger partial charge in [0.25, 0.3) is 0 Å². The summed E-state index contributed by atoms with van der Waals surface area (Å²) in [6.07, 6.45) is -0.394. The zero-order chi connectivity index (χ0) is 22.7. The summed E-state index contributed by atoms with van der Waals surface area (Å²) in [6.45, 7) is 3.82. The van der Waals surface area contributed by atoms with Crippen molar-refractivity contribution in [2.75, 3.05) is 11.1 Å². The van der Waals surface area contributed by atoms with E-state index in [-0.39, 0.29) is 11.7 Å². The number of hydrogen-bond donors (Lipinski definition) is 1. The highest BCUT2D eigenvalue weighted by Gasteiger charge is 2.19. The van der Waals surface area contributed by atoms with Gasteiger partial charge in [-0.2, -0.15) is 0 Å². The van der Waals surface area contributed by atoms with Crippen molar-refractivity contribution in [2.45, 2.75) is 25.1 Å². The zero-order valence-electron chi connectivity index (χ0n) is 16.7. The second-order valence-corrected chi connectivity index (χ2v) is 9.25. The topological polar surface area (TPSA) is 69.0 Å². The normalized spacial score (nSPS) is 12.0. The fourth-order valence-corrected chi connectivity index (χ4v) is 4.16. The van der Waals surface area contributed by atoms with Crippen molar-refractivity contribution in [3.05, 3.63) is 61.8 Å². The minimum atomic E-state index is -0.394. The molecule has 1 aromatic heterocycles. The van der Waals surface area contributed by atoms with Crippen LogP contribution in [0.4, 0.5) is 5.69 Å². The molecule has 0 radical (unpaired) electrons. The average Bonchev–Trinajstić information content (AvgIpc) is 3.08. The lowest BCUT2D eigenvalue weighted by atomic mass is 10.2. The number of aromatic nitrogens is 3. The van der Waals surface area contributed by atoms with Gasteiger partial charge in [0.15, 0.2) is 17.1 Å². The van der Waals surface area contributed by atoms with Gasteiger partial charge in [0.05, 0.1) is 31.5 Å². The average molecular weight is 520 g/mol. The number of nitrogens with one attached hydrogen (secondary N) is 1. The summed E-state index contributed by atoms with van der Waals surface area (Å²) in [4.78, 5) is 12.3. The van der Waals surface area contributed by atoms with Gasteiger partial charge in [-0.05, 0) is 43.7 Å². The van der Waals surface area contributed by atoms with Gasteiger partial charge in [-0.1, -0.05) is 64.2 Å². The molecule has 0 spiro atoms. The molecule has 11 heteroatoms. The Morgan fingerprint density at radius 2 is 1.81 bits per heavy atom. The van der Waals surface area contributed by atoms with Gasteiger partial charge in [0.1, 0.15) is 5.75 Å². The van der Waals surface area contributed by atoms with Crippen LogP contribution >= 0.6 is 58.2 Å². The summed E-state index contributed by atoms with van der Waals surface area (Å²) >= 11 is 25.4. The van der Waals surface area contributed by atoms with E-state index in [1.807, 2.05) is 33.0 Å². The summed E-state index contributed by atoms with van der Waals surface area (Å²) in [6, 6.07) is 8.54. The number of benzene rings is 2. The quantitative estimate of drug-likeness (QED) is 0.281. The molecule has 0 saturated heterocycles. The standard InChI is InChI=1S/C20H18Cl4N4O2S/c1-10-4-5-12(21)17(6-10)30-11(2)19-26-27-20(28(19)3)31-9-18(29)25-16-8-14(23)13(22)7-15(16)24/h4-8,11H,9H2,1-3H3,(H,25,29). The van der Waals surface area contributed by atoms with Gasteiger partial charge < -0.3 is 14.6 Å². The van der Waals surface area contributed by atoms with Crippen molar-refractivity contribution in [3.8, 4) is 5.75 Å². The Hall–Kier alpha value is -1.64. The molecule has 3 rings (SSSR count). The molecule has 0 fully saturated rings. The molecule has 2 aromatic carbocycles. The van der Waals surface area contributed by atoms with E-state index >= 15 is 0 Å². The zero-order valence-corrected chi connectivity index (χ0v) is 20.6. The van der Waals surface area contributed by atoms with Crippen LogP contribution in [-0.4, -0.2) is 26.4 Å². The number of amides is 1. The molecule has 31 heavy (non-hydrogen) atoms. The molecule has 6 nitrogen and oxygen atoms in total. The molecule has 1 amide bonds. The monoisotopic (exact) mass is 518 g/mol. The van der Waals surface area contributed by atoms with Crippen LogP contribution in [0.1, 0.15) is 24.4 Å². The minimum Gasteiger partial charge on any atom is -0.481 e. The Morgan fingerprint density at radius 3 is 2.55 bits per heavy atom. The molecule has 0 aliphatic heterocycles. The summed E-state index contributed by atoms with van der Waals surface area (Å²) in [5.41, 5.74) is 1.42. The molecule has 1 atom stereocenters. The Morgan fingerprint density at radius 1 is 1.10 bits per heavy atom. The van der Waals surface area contributed by atoms with Crippen LogP contribution in [0.25, 0.3) is 0 Å². The smallest absolute Gasteiger partial charge is 0.234 e. The first-order chi connectivity index (χ1) is 14.7. The van der Waals surface area contributed by atoms with E-state index < -0.39 is 6.10 Å². The van der Waals surface area contributed by atoms with Crippen LogP contribution in [-0.2, 0) is 11.8 Å². The molecular weight excluding hydrogens is 502 g/mol. The molecule has 1 unspecified atom stereocenters. The lowest BCUT2D eigenvalue weighted by Gasteiger charge is -2.15. The number of halogens is 4. The van der Waals surface area contributed by atoms with Crippen LogP contribution in [0, 0.1) is 6.92 Å². The molecule has 164 valence electrons. The third kappa shape index (κ3) is 5.99. The van der Waals surface area contributed by atoms with E-state index in [4.69, 9.17) is 51.1 Å². The van der Waals surface area contributed by atoms with Crippen LogP contribution in [0.5, 0.6) is 5.75 Å². The van der Waals surface area contributed by atoms with E-state index in [0.717, 1.165) is 5.56 Å². The second kappa shape index (κ2) is 10.3. The largest absolute Gasteiger partial charge is 0.481 e. The number of carbonyl (C=O) groups excluding carboxylic acids is 1. The second-order valence-electron chi connectivity index (χ2n) is 6.68. The predicted octanol–water partition coefficient (Wildman–Crippen LogP) is 6.61. The first kappa shape index (κ1) is 24.0. The Labute approximate surface area is 204 Å². The van der Waals surface area contributed by atoms with Crippen LogP contribution in [0.2, 0.25) is 20.1 Å². The maximum absolute atomic E-state index is 12.3.